The average molecular weight is 413 g/mol. The van der Waals surface area contributed by atoms with Gasteiger partial charge in [-0.3, -0.25) is 4.79 Å². The highest BCUT2D eigenvalue weighted by atomic mass is 16.2. The fraction of sp³-hybridized carbons (Fsp3) is 0.667. The smallest absolute Gasteiger partial charge is 0.317 e. The summed E-state index contributed by atoms with van der Waals surface area (Å²) in [6, 6.07) is 8.24. The second kappa shape index (κ2) is 8.58. The van der Waals surface area contributed by atoms with Crippen molar-refractivity contribution in [1.82, 2.24) is 20.4 Å². The van der Waals surface area contributed by atoms with E-state index < -0.39 is 0 Å². The number of fused-ring (bicyclic) bond motifs is 2. The first-order chi connectivity index (χ1) is 14.4. The number of piperidine rings is 1. The molecule has 1 aromatic rings. The molecule has 0 aliphatic carbocycles. The van der Waals surface area contributed by atoms with E-state index in [9.17, 15) is 9.59 Å². The number of hydrogen-bond donors (Lipinski definition) is 2. The number of urea groups is 1. The number of amides is 3. The van der Waals surface area contributed by atoms with Gasteiger partial charge in [-0.1, -0.05) is 43.7 Å². The molecule has 0 bridgehead atoms. The van der Waals surface area contributed by atoms with Gasteiger partial charge in [0.25, 0.3) is 0 Å². The highest BCUT2D eigenvalue weighted by Gasteiger charge is 2.57. The molecule has 0 saturated carbocycles. The van der Waals surface area contributed by atoms with Crippen LogP contribution in [0.25, 0.3) is 0 Å². The van der Waals surface area contributed by atoms with E-state index in [1.807, 2.05) is 4.90 Å². The van der Waals surface area contributed by atoms with Crippen molar-refractivity contribution in [1.29, 1.82) is 0 Å². The second-order valence-corrected chi connectivity index (χ2v) is 9.93. The van der Waals surface area contributed by atoms with Crippen LogP contribution in [0.15, 0.2) is 24.3 Å². The van der Waals surface area contributed by atoms with Crippen LogP contribution < -0.4 is 10.6 Å². The van der Waals surface area contributed by atoms with E-state index >= 15 is 0 Å². The van der Waals surface area contributed by atoms with Crippen LogP contribution in [0.3, 0.4) is 0 Å². The Labute approximate surface area is 180 Å². The first kappa shape index (κ1) is 21.2. The largest absolute Gasteiger partial charge is 0.350 e. The summed E-state index contributed by atoms with van der Waals surface area (Å²) in [5.74, 6) is 1.42. The topological polar surface area (TPSA) is 64.7 Å². The third-order valence-electron chi connectivity index (χ3n) is 7.34. The van der Waals surface area contributed by atoms with Crippen LogP contribution in [-0.2, 0) is 11.3 Å². The molecule has 3 heterocycles. The number of benzene rings is 1. The predicted octanol–water partition coefficient (Wildman–Crippen LogP) is 2.76. The highest BCUT2D eigenvalue weighted by molar-refractivity contribution is 5.84. The number of rotatable bonds is 5. The quantitative estimate of drug-likeness (QED) is 0.782. The Hall–Kier alpha value is -2.08. The molecule has 2 N–H and O–H groups in total. The summed E-state index contributed by atoms with van der Waals surface area (Å²) in [7, 11) is 0. The van der Waals surface area contributed by atoms with Crippen LogP contribution >= 0.6 is 0 Å². The van der Waals surface area contributed by atoms with Crippen LogP contribution in [0.1, 0.15) is 44.2 Å². The van der Waals surface area contributed by atoms with E-state index in [-0.39, 0.29) is 23.4 Å². The molecule has 1 aromatic carbocycles. The van der Waals surface area contributed by atoms with E-state index in [1.54, 1.807) is 0 Å². The maximum absolute atomic E-state index is 12.7. The third kappa shape index (κ3) is 4.34. The second-order valence-electron chi connectivity index (χ2n) is 9.93. The Balaban J connectivity index is 1.30. The first-order valence-electron chi connectivity index (χ1n) is 11.5. The molecule has 3 aliphatic heterocycles. The van der Waals surface area contributed by atoms with E-state index in [1.165, 1.54) is 12.0 Å². The molecule has 6 heteroatoms. The lowest BCUT2D eigenvalue weighted by molar-refractivity contribution is -0.123. The number of nitrogens with zero attached hydrogens (tertiary/aromatic N) is 2. The van der Waals surface area contributed by atoms with E-state index in [2.05, 4.69) is 60.6 Å². The molecule has 4 rings (SSSR count). The first-order valence-corrected chi connectivity index (χ1v) is 11.5. The van der Waals surface area contributed by atoms with Gasteiger partial charge in [0.05, 0.1) is 5.92 Å². The fourth-order valence-corrected chi connectivity index (χ4v) is 5.36. The standard InChI is InChI=1S/C24H36N4O2/c1-17(2)8-11-27-15-20-21(16-27)24(26-22(20)29)9-12-28(13-10-24)23(30)25-14-19-6-4-18(3)5-7-19/h4-7,17,20-21H,8-16H2,1-3H3,(H,25,30)(H,26,29)/t20-,21+/m1/s1. The van der Waals surface area contributed by atoms with Crippen LogP contribution in [0.5, 0.6) is 0 Å². The fourth-order valence-electron chi connectivity index (χ4n) is 5.36. The number of likely N-dealkylation sites (tertiary alicyclic amines) is 2. The summed E-state index contributed by atoms with van der Waals surface area (Å²) in [6.07, 6.45) is 2.90. The Bertz CT molecular complexity index is 768. The van der Waals surface area contributed by atoms with Crippen LogP contribution in [0.2, 0.25) is 0 Å². The Morgan fingerprint density at radius 3 is 2.57 bits per heavy atom. The summed E-state index contributed by atoms with van der Waals surface area (Å²) in [5, 5.41) is 6.40. The zero-order chi connectivity index (χ0) is 21.3. The summed E-state index contributed by atoms with van der Waals surface area (Å²) < 4.78 is 0. The van der Waals surface area contributed by atoms with Crippen molar-refractivity contribution in [2.75, 3.05) is 32.7 Å². The van der Waals surface area contributed by atoms with E-state index in [4.69, 9.17) is 0 Å². The Kier molecular flexibility index (Phi) is 6.05. The molecule has 6 nitrogen and oxygen atoms in total. The molecule has 1 spiro atoms. The van der Waals surface area contributed by atoms with Gasteiger partial charge in [-0.2, -0.15) is 0 Å². The molecule has 3 fully saturated rings. The zero-order valence-electron chi connectivity index (χ0n) is 18.6. The van der Waals surface area contributed by atoms with Crippen molar-refractivity contribution in [2.45, 2.75) is 52.1 Å². The van der Waals surface area contributed by atoms with Crippen LogP contribution in [-0.4, -0.2) is 60.0 Å². The van der Waals surface area contributed by atoms with Crippen molar-refractivity contribution in [2.24, 2.45) is 17.8 Å². The molecule has 0 unspecified atom stereocenters. The van der Waals surface area contributed by atoms with Gasteiger partial charge in [-0.05, 0) is 44.2 Å². The minimum atomic E-state index is -0.123. The molecule has 3 amide bonds. The monoisotopic (exact) mass is 412 g/mol. The summed E-state index contributed by atoms with van der Waals surface area (Å²) >= 11 is 0. The van der Waals surface area contributed by atoms with Crippen molar-refractivity contribution < 1.29 is 9.59 Å². The van der Waals surface area contributed by atoms with E-state index in [0.29, 0.717) is 31.5 Å². The molecule has 3 saturated heterocycles. The molecule has 164 valence electrons. The maximum atomic E-state index is 12.7. The van der Waals surface area contributed by atoms with Crippen LogP contribution in [0.4, 0.5) is 4.79 Å². The van der Waals surface area contributed by atoms with Gasteiger partial charge >= 0.3 is 6.03 Å². The Morgan fingerprint density at radius 1 is 1.20 bits per heavy atom. The molecular formula is C24H36N4O2. The molecule has 30 heavy (non-hydrogen) atoms. The molecule has 0 aromatic heterocycles. The van der Waals surface area contributed by atoms with Gasteiger partial charge in [0.2, 0.25) is 5.91 Å². The van der Waals surface area contributed by atoms with E-state index in [0.717, 1.165) is 38.0 Å². The number of carbonyl (C=O) groups excluding carboxylic acids is 2. The van der Waals surface area contributed by atoms with Crippen LogP contribution in [0, 0.1) is 24.7 Å². The molecule has 0 radical (unpaired) electrons. The van der Waals surface area contributed by atoms with Gasteiger partial charge in [-0.15, -0.1) is 0 Å². The summed E-state index contributed by atoms with van der Waals surface area (Å²) in [6.45, 7) is 11.5. The third-order valence-corrected chi connectivity index (χ3v) is 7.34. The average Bonchev–Trinajstić information content (AvgIpc) is 3.26. The van der Waals surface area contributed by atoms with Crippen molar-refractivity contribution in [3.8, 4) is 0 Å². The number of hydrogen-bond acceptors (Lipinski definition) is 3. The SMILES string of the molecule is Cc1ccc(CNC(=O)N2CCC3(CC2)NC(=O)[C@@H]2CN(CCC(C)C)C[C@@H]23)cc1. The summed E-state index contributed by atoms with van der Waals surface area (Å²) in [5.41, 5.74) is 2.21. The molecule has 2 atom stereocenters. The van der Waals surface area contributed by atoms with Crippen molar-refractivity contribution in [3.63, 3.8) is 0 Å². The van der Waals surface area contributed by atoms with Gasteiger partial charge < -0.3 is 20.4 Å². The predicted molar refractivity (Wildman–Crippen MR) is 118 cm³/mol. The lowest BCUT2D eigenvalue weighted by Crippen LogP contribution is -2.57. The highest BCUT2D eigenvalue weighted by Crippen LogP contribution is 2.44. The normalized spacial score (nSPS) is 25.6. The number of aryl methyl sites for hydroxylation is 1. The van der Waals surface area contributed by atoms with Crippen molar-refractivity contribution in [3.05, 3.63) is 35.4 Å². The zero-order valence-corrected chi connectivity index (χ0v) is 18.6. The van der Waals surface area contributed by atoms with Gasteiger partial charge in [0.15, 0.2) is 0 Å². The molecular weight excluding hydrogens is 376 g/mol. The lowest BCUT2D eigenvalue weighted by atomic mass is 9.75. The Morgan fingerprint density at radius 2 is 1.90 bits per heavy atom. The summed E-state index contributed by atoms with van der Waals surface area (Å²) in [4.78, 5) is 29.7. The van der Waals surface area contributed by atoms with Gasteiger partial charge in [-0.25, -0.2) is 4.79 Å². The van der Waals surface area contributed by atoms with Gasteiger partial charge in [0, 0.05) is 44.2 Å². The van der Waals surface area contributed by atoms with Crippen molar-refractivity contribution >= 4 is 11.9 Å². The minimum absolute atomic E-state index is 0.00344. The maximum Gasteiger partial charge on any atom is 0.317 e. The minimum Gasteiger partial charge on any atom is -0.350 e. The van der Waals surface area contributed by atoms with Gasteiger partial charge in [0.1, 0.15) is 0 Å². The number of carbonyl (C=O) groups is 2. The lowest BCUT2D eigenvalue weighted by Gasteiger charge is -2.42. The molecule has 3 aliphatic rings. The number of nitrogens with one attached hydrogen (secondary N) is 2.